The van der Waals surface area contributed by atoms with Crippen LogP contribution in [0.2, 0.25) is 0 Å². The molecule has 148 valence electrons. The Balaban J connectivity index is 1.45. The first-order valence-electron chi connectivity index (χ1n) is 8.84. The second-order valence-electron chi connectivity index (χ2n) is 6.29. The number of hydrogen-bond donors (Lipinski definition) is 2. The van der Waals surface area contributed by atoms with Gasteiger partial charge in [0.1, 0.15) is 12.4 Å². The zero-order valence-electron chi connectivity index (χ0n) is 15.8. The van der Waals surface area contributed by atoms with Gasteiger partial charge in [-0.05, 0) is 43.3 Å². The zero-order valence-corrected chi connectivity index (χ0v) is 17.5. The van der Waals surface area contributed by atoms with E-state index in [0.717, 1.165) is 17.7 Å². The summed E-state index contributed by atoms with van der Waals surface area (Å²) >= 11 is 2.94. The van der Waals surface area contributed by atoms with E-state index in [1.807, 2.05) is 37.4 Å². The molecule has 0 saturated heterocycles. The van der Waals surface area contributed by atoms with Gasteiger partial charge in [0.05, 0.1) is 5.75 Å². The van der Waals surface area contributed by atoms with Gasteiger partial charge in [0.2, 0.25) is 11.1 Å². The third-order valence-electron chi connectivity index (χ3n) is 4.03. The quantitative estimate of drug-likeness (QED) is 0.411. The first-order valence-corrected chi connectivity index (χ1v) is 10.7. The largest absolute Gasteiger partial charge is 0.485 e. The summed E-state index contributed by atoms with van der Waals surface area (Å²) in [4.78, 5) is 13.2. The molecule has 3 N–H and O–H groups in total. The van der Waals surface area contributed by atoms with Crippen LogP contribution >= 0.6 is 23.1 Å². The molecule has 28 heavy (non-hydrogen) atoms. The number of nitrogens with zero attached hydrogens (tertiary/aromatic N) is 3. The van der Waals surface area contributed by atoms with Gasteiger partial charge < -0.3 is 15.9 Å². The summed E-state index contributed by atoms with van der Waals surface area (Å²) in [5.74, 6) is 7.50. The Morgan fingerprint density at radius 1 is 1.32 bits per heavy atom. The Morgan fingerprint density at radius 3 is 2.93 bits per heavy atom. The molecule has 0 bridgehead atoms. The van der Waals surface area contributed by atoms with Crippen LogP contribution in [0.15, 0.2) is 40.9 Å². The molecule has 1 amide bonds. The fourth-order valence-corrected chi connectivity index (χ4v) is 3.98. The van der Waals surface area contributed by atoms with E-state index < -0.39 is 0 Å². The van der Waals surface area contributed by atoms with Crippen molar-refractivity contribution in [3.8, 4) is 5.75 Å². The topological polar surface area (TPSA) is 95.1 Å². The maximum atomic E-state index is 12.0. The van der Waals surface area contributed by atoms with Gasteiger partial charge in [-0.25, -0.2) is 4.68 Å². The average Bonchev–Trinajstić information content (AvgIpc) is 3.30. The van der Waals surface area contributed by atoms with E-state index in [1.165, 1.54) is 26.9 Å². The molecule has 0 atom stereocenters. The molecule has 0 fully saturated rings. The minimum absolute atomic E-state index is 0.0577. The first-order chi connectivity index (χ1) is 13.5. The van der Waals surface area contributed by atoms with E-state index in [4.69, 9.17) is 10.6 Å². The SMILES string of the molecule is Cc1ccc(OCc2nnc(SCC(=O)NCCc3cccs3)n2N)c(C)c1. The summed E-state index contributed by atoms with van der Waals surface area (Å²) in [7, 11) is 0. The second kappa shape index (κ2) is 9.61. The third kappa shape index (κ3) is 5.49. The molecule has 9 heteroatoms. The summed E-state index contributed by atoms with van der Waals surface area (Å²) < 4.78 is 7.16. The first kappa shape index (κ1) is 20.2. The molecule has 0 radical (unpaired) electrons. The average molecular weight is 418 g/mol. The molecule has 0 spiro atoms. The van der Waals surface area contributed by atoms with Gasteiger partial charge in [-0.3, -0.25) is 4.79 Å². The fourth-order valence-electron chi connectivity index (χ4n) is 2.57. The highest BCUT2D eigenvalue weighted by molar-refractivity contribution is 7.99. The van der Waals surface area contributed by atoms with Crippen LogP contribution < -0.4 is 15.9 Å². The van der Waals surface area contributed by atoms with Crippen LogP contribution in [0.25, 0.3) is 0 Å². The molecule has 2 aromatic heterocycles. The van der Waals surface area contributed by atoms with Crippen LogP contribution in [0.5, 0.6) is 5.75 Å². The lowest BCUT2D eigenvalue weighted by molar-refractivity contribution is -0.118. The molecule has 0 aliphatic rings. The number of thioether (sulfide) groups is 1. The molecule has 0 aliphatic heterocycles. The van der Waals surface area contributed by atoms with Gasteiger partial charge in [0.15, 0.2) is 5.82 Å². The Kier molecular flexibility index (Phi) is 6.94. The van der Waals surface area contributed by atoms with Crippen LogP contribution in [0.1, 0.15) is 21.8 Å². The number of hydrogen-bond acceptors (Lipinski definition) is 7. The number of nitrogens with two attached hydrogens (primary N) is 1. The number of amides is 1. The summed E-state index contributed by atoms with van der Waals surface area (Å²) in [6.07, 6.45) is 0.834. The van der Waals surface area contributed by atoms with Crippen molar-refractivity contribution in [3.63, 3.8) is 0 Å². The lowest BCUT2D eigenvalue weighted by atomic mass is 10.1. The Bertz CT molecular complexity index is 925. The van der Waals surface area contributed by atoms with Crippen molar-refractivity contribution in [3.05, 3.63) is 57.5 Å². The van der Waals surface area contributed by atoms with Crippen molar-refractivity contribution in [1.82, 2.24) is 20.2 Å². The Labute approximate surface area is 172 Å². The van der Waals surface area contributed by atoms with Crippen molar-refractivity contribution < 1.29 is 9.53 Å². The minimum Gasteiger partial charge on any atom is -0.485 e. The maximum absolute atomic E-state index is 12.0. The molecule has 7 nitrogen and oxygen atoms in total. The number of ether oxygens (including phenoxy) is 1. The van der Waals surface area contributed by atoms with E-state index in [1.54, 1.807) is 11.3 Å². The van der Waals surface area contributed by atoms with Crippen molar-refractivity contribution in [2.24, 2.45) is 0 Å². The van der Waals surface area contributed by atoms with E-state index in [2.05, 4.69) is 27.6 Å². The van der Waals surface area contributed by atoms with E-state index in [0.29, 0.717) is 17.5 Å². The molecule has 0 saturated carbocycles. The Hall–Kier alpha value is -2.52. The number of carbonyl (C=O) groups is 1. The van der Waals surface area contributed by atoms with E-state index in [9.17, 15) is 4.79 Å². The normalized spacial score (nSPS) is 10.8. The van der Waals surface area contributed by atoms with Crippen molar-refractivity contribution in [2.75, 3.05) is 18.1 Å². The lowest BCUT2D eigenvalue weighted by Crippen LogP contribution is -2.27. The molecule has 1 aromatic carbocycles. The molecular formula is C19H23N5O2S2. The second-order valence-corrected chi connectivity index (χ2v) is 8.27. The van der Waals surface area contributed by atoms with Crippen molar-refractivity contribution in [2.45, 2.75) is 32.0 Å². The third-order valence-corrected chi connectivity index (χ3v) is 5.91. The van der Waals surface area contributed by atoms with Crippen LogP contribution in [0.3, 0.4) is 0 Å². The summed E-state index contributed by atoms with van der Waals surface area (Å²) in [6, 6.07) is 10.0. The standard InChI is InChI=1S/C19H23N5O2S2/c1-13-5-6-16(14(2)10-13)26-11-17-22-23-19(24(17)20)28-12-18(25)21-8-7-15-4-3-9-27-15/h3-6,9-10H,7-8,11-12,20H2,1-2H3,(H,21,25). The van der Waals surface area contributed by atoms with Gasteiger partial charge in [-0.2, -0.15) is 0 Å². The highest BCUT2D eigenvalue weighted by atomic mass is 32.2. The number of rotatable bonds is 9. The highest BCUT2D eigenvalue weighted by Gasteiger charge is 2.13. The molecule has 3 aromatic rings. The minimum atomic E-state index is -0.0577. The van der Waals surface area contributed by atoms with Crippen LogP contribution in [0, 0.1) is 13.8 Å². The van der Waals surface area contributed by atoms with Crippen LogP contribution in [0.4, 0.5) is 0 Å². The van der Waals surface area contributed by atoms with Gasteiger partial charge in [-0.15, -0.1) is 21.5 Å². The molecular weight excluding hydrogens is 394 g/mol. The molecule has 2 heterocycles. The number of nitrogen functional groups attached to an aromatic ring is 1. The lowest BCUT2D eigenvalue weighted by Gasteiger charge is -2.09. The molecule has 0 unspecified atom stereocenters. The number of carbonyl (C=O) groups excluding carboxylic acids is 1. The maximum Gasteiger partial charge on any atom is 0.230 e. The number of aryl methyl sites for hydroxylation is 2. The van der Waals surface area contributed by atoms with Crippen molar-refractivity contribution >= 4 is 29.0 Å². The Morgan fingerprint density at radius 2 is 2.18 bits per heavy atom. The van der Waals surface area contributed by atoms with Gasteiger partial charge in [0, 0.05) is 11.4 Å². The number of aromatic nitrogens is 3. The molecule has 3 rings (SSSR count). The monoisotopic (exact) mass is 417 g/mol. The van der Waals surface area contributed by atoms with Crippen LogP contribution in [-0.4, -0.2) is 33.1 Å². The van der Waals surface area contributed by atoms with Crippen molar-refractivity contribution in [1.29, 1.82) is 0 Å². The highest BCUT2D eigenvalue weighted by Crippen LogP contribution is 2.20. The van der Waals surface area contributed by atoms with Crippen LogP contribution in [-0.2, 0) is 17.8 Å². The number of benzene rings is 1. The van der Waals surface area contributed by atoms with Gasteiger partial charge >= 0.3 is 0 Å². The predicted octanol–water partition coefficient (Wildman–Crippen LogP) is 2.70. The summed E-state index contributed by atoms with van der Waals surface area (Å²) in [5.41, 5.74) is 2.23. The number of nitrogens with one attached hydrogen (secondary N) is 1. The van der Waals surface area contributed by atoms with Gasteiger partial charge in [-0.1, -0.05) is 35.5 Å². The summed E-state index contributed by atoms with van der Waals surface area (Å²) in [5, 5.41) is 13.5. The molecule has 0 aliphatic carbocycles. The van der Waals surface area contributed by atoms with E-state index >= 15 is 0 Å². The zero-order chi connectivity index (χ0) is 19.9. The van der Waals surface area contributed by atoms with E-state index in [-0.39, 0.29) is 18.3 Å². The predicted molar refractivity (Wildman–Crippen MR) is 112 cm³/mol. The summed E-state index contributed by atoms with van der Waals surface area (Å²) in [6.45, 7) is 4.86. The smallest absolute Gasteiger partial charge is 0.230 e. The number of thiophene rings is 1. The fraction of sp³-hybridized carbons (Fsp3) is 0.316. The van der Waals surface area contributed by atoms with Gasteiger partial charge in [0.25, 0.3) is 0 Å².